The first kappa shape index (κ1) is 19.1. The van der Waals surface area contributed by atoms with Gasteiger partial charge in [0, 0.05) is 48.1 Å². The maximum absolute atomic E-state index is 11.9. The summed E-state index contributed by atoms with van der Waals surface area (Å²) in [7, 11) is 3.39. The lowest BCUT2D eigenvalue weighted by atomic mass is 10.1. The second-order valence-electron chi connectivity index (χ2n) is 7.40. The Kier molecular flexibility index (Phi) is 5.05. The number of aromatic nitrogens is 4. The van der Waals surface area contributed by atoms with Gasteiger partial charge in [-0.25, -0.2) is 4.98 Å². The highest BCUT2D eigenvalue weighted by Crippen LogP contribution is 2.47. The number of hydrogen-bond donors (Lipinski definition) is 0. The number of ether oxygens (including phenoxy) is 2. The molecule has 0 radical (unpaired) electrons. The van der Waals surface area contributed by atoms with Gasteiger partial charge in [0.2, 0.25) is 11.4 Å². The molecule has 1 aliphatic rings. The van der Waals surface area contributed by atoms with Crippen molar-refractivity contribution >= 4 is 0 Å². The molecule has 0 amide bonds. The summed E-state index contributed by atoms with van der Waals surface area (Å²) in [6.07, 6.45) is 4.55. The fourth-order valence-corrected chi connectivity index (χ4v) is 3.47. The molecule has 29 heavy (non-hydrogen) atoms. The van der Waals surface area contributed by atoms with Crippen LogP contribution >= 0.6 is 0 Å². The van der Waals surface area contributed by atoms with Crippen LogP contribution in [0.1, 0.15) is 29.6 Å². The average molecular weight is 392 g/mol. The van der Waals surface area contributed by atoms with Gasteiger partial charge >= 0.3 is 0 Å². The highest BCUT2D eigenvalue weighted by molar-refractivity contribution is 5.69. The first-order valence-corrected chi connectivity index (χ1v) is 9.61. The van der Waals surface area contributed by atoms with Crippen molar-refractivity contribution in [2.24, 2.45) is 13.0 Å². The molecule has 1 aliphatic carbocycles. The average Bonchev–Trinajstić information content (AvgIpc) is 3.51. The van der Waals surface area contributed by atoms with E-state index in [-0.39, 0.29) is 5.56 Å². The monoisotopic (exact) mass is 392 g/mol. The molecule has 150 valence electrons. The molecular formula is C22H24N4O3. The number of nitrogens with zero attached hydrogens (tertiary/aromatic N) is 4. The standard InChI is InChI=1S/C22H24N4O3/c1-13-17(6-8-21(27)26(13)3)19-11-23-14(2)25-22(19)29-12-15-9-18(15)20-7-5-16(28-4)10-24-20/h5-8,10-11,15,18H,9,12H2,1-4H3. The van der Waals surface area contributed by atoms with Crippen molar-refractivity contribution in [3.8, 4) is 22.8 Å². The van der Waals surface area contributed by atoms with Crippen molar-refractivity contribution in [2.45, 2.75) is 26.2 Å². The fourth-order valence-electron chi connectivity index (χ4n) is 3.47. The minimum absolute atomic E-state index is 0.0467. The van der Waals surface area contributed by atoms with Crippen LogP contribution in [0, 0.1) is 19.8 Å². The van der Waals surface area contributed by atoms with Gasteiger partial charge in [0.1, 0.15) is 11.6 Å². The number of methoxy groups -OCH3 is 1. The van der Waals surface area contributed by atoms with E-state index in [2.05, 4.69) is 15.0 Å². The summed E-state index contributed by atoms with van der Waals surface area (Å²) in [5.74, 6) is 2.76. The Morgan fingerprint density at radius 1 is 1.10 bits per heavy atom. The van der Waals surface area contributed by atoms with Crippen LogP contribution in [0.4, 0.5) is 0 Å². The predicted octanol–water partition coefficient (Wildman–Crippen LogP) is 3.05. The molecule has 3 heterocycles. The third kappa shape index (κ3) is 3.85. The van der Waals surface area contributed by atoms with Crippen molar-refractivity contribution in [1.82, 2.24) is 19.5 Å². The minimum Gasteiger partial charge on any atom is -0.495 e. The molecule has 2 atom stereocenters. The molecule has 0 N–H and O–H groups in total. The molecule has 0 saturated heterocycles. The van der Waals surface area contributed by atoms with E-state index in [0.717, 1.165) is 34.7 Å². The predicted molar refractivity (Wildman–Crippen MR) is 109 cm³/mol. The van der Waals surface area contributed by atoms with Gasteiger partial charge < -0.3 is 14.0 Å². The van der Waals surface area contributed by atoms with E-state index >= 15 is 0 Å². The summed E-state index contributed by atoms with van der Waals surface area (Å²) < 4.78 is 12.9. The van der Waals surface area contributed by atoms with Gasteiger partial charge in [0.25, 0.3) is 0 Å². The van der Waals surface area contributed by atoms with Gasteiger partial charge in [-0.1, -0.05) is 0 Å². The Labute approximate surface area is 169 Å². The number of rotatable bonds is 6. The van der Waals surface area contributed by atoms with Gasteiger partial charge in [-0.2, -0.15) is 4.98 Å². The van der Waals surface area contributed by atoms with Gasteiger partial charge in [0.15, 0.2) is 0 Å². The molecule has 3 aromatic heterocycles. The fraction of sp³-hybridized carbons (Fsp3) is 0.364. The zero-order chi connectivity index (χ0) is 20.5. The van der Waals surface area contributed by atoms with E-state index in [1.807, 2.05) is 26.0 Å². The van der Waals surface area contributed by atoms with Crippen LogP contribution in [0.5, 0.6) is 11.6 Å². The lowest BCUT2D eigenvalue weighted by Gasteiger charge is -2.14. The van der Waals surface area contributed by atoms with Crippen LogP contribution in [0.15, 0.2) is 41.5 Å². The lowest BCUT2D eigenvalue weighted by molar-refractivity contribution is 0.285. The maximum atomic E-state index is 11.9. The van der Waals surface area contributed by atoms with E-state index in [1.165, 1.54) is 0 Å². The summed E-state index contributed by atoms with van der Waals surface area (Å²) >= 11 is 0. The van der Waals surface area contributed by atoms with E-state index in [4.69, 9.17) is 9.47 Å². The van der Waals surface area contributed by atoms with Crippen molar-refractivity contribution in [3.05, 3.63) is 64.2 Å². The molecule has 1 fully saturated rings. The number of aryl methyl sites for hydroxylation is 1. The van der Waals surface area contributed by atoms with Crippen LogP contribution in [-0.4, -0.2) is 33.2 Å². The molecule has 2 unspecified atom stereocenters. The van der Waals surface area contributed by atoms with Crippen molar-refractivity contribution in [3.63, 3.8) is 0 Å². The van der Waals surface area contributed by atoms with E-state index in [0.29, 0.717) is 30.1 Å². The zero-order valence-corrected chi connectivity index (χ0v) is 17.0. The minimum atomic E-state index is -0.0467. The van der Waals surface area contributed by atoms with Gasteiger partial charge in [-0.05, 0) is 38.5 Å². The molecule has 1 saturated carbocycles. The molecule has 3 aromatic rings. The summed E-state index contributed by atoms with van der Waals surface area (Å²) in [5, 5.41) is 0. The topological polar surface area (TPSA) is 79.1 Å². The third-order valence-electron chi connectivity index (χ3n) is 5.51. The number of hydrogen-bond acceptors (Lipinski definition) is 6. The third-order valence-corrected chi connectivity index (χ3v) is 5.51. The first-order valence-electron chi connectivity index (χ1n) is 9.61. The maximum Gasteiger partial charge on any atom is 0.250 e. The molecule has 4 rings (SSSR count). The molecular weight excluding hydrogens is 368 g/mol. The summed E-state index contributed by atoms with van der Waals surface area (Å²) in [4.78, 5) is 25.2. The number of pyridine rings is 2. The largest absolute Gasteiger partial charge is 0.495 e. The van der Waals surface area contributed by atoms with Crippen LogP contribution in [0.25, 0.3) is 11.1 Å². The summed E-state index contributed by atoms with van der Waals surface area (Å²) in [6, 6.07) is 7.31. The van der Waals surface area contributed by atoms with Crippen molar-refractivity contribution < 1.29 is 9.47 Å². The normalized spacial score (nSPS) is 17.8. The Morgan fingerprint density at radius 3 is 2.66 bits per heavy atom. The van der Waals surface area contributed by atoms with Crippen LogP contribution in [-0.2, 0) is 7.05 Å². The van der Waals surface area contributed by atoms with Crippen LogP contribution in [0.3, 0.4) is 0 Å². The molecule has 7 nitrogen and oxygen atoms in total. The van der Waals surface area contributed by atoms with E-state index in [9.17, 15) is 4.79 Å². The molecule has 0 spiro atoms. The second kappa shape index (κ2) is 7.66. The van der Waals surface area contributed by atoms with Gasteiger partial charge in [0.05, 0.1) is 25.5 Å². The summed E-state index contributed by atoms with van der Waals surface area (Å²) in [5.41, 5.74) is 3.55. The SMILES string of the molecule is COc1ccc(C2CC2COc2nc(C)ncc2-c2ccc(=O)n(C)c2C)nc1. The van der Waals surface area contributed by atoms with E-state index < -0.39 is 0 Å². The van der Waals surface area contributed by atoms with Crippen LogP contribution < -0.4 is 15.0 Å². The molecule has 7 heteroatoms. The molecule has 0 aromatic carbocycles. The zero-order valence-electron chi connectivity index (χ0n) is 17.0. The van der Waals surface area contributed by atoms with Crippen LogP contribution in [0.2, 0.25) is 0 Å². The highest BCUT2D eigenvalue weighted by atomic mass is 16.5. The second-order valence-corrected chi connectivity index (χ2v) is 7.40. The van der Waals surface area contributed by atoms with Crippen molar-refractivity contribution in [1.29, 1.82) is 0 Å². The smallest absolute Gasteiger partial charge is 0.250 e. The summed E-state index contributed by atoms with van der Waals surface area (Å²) in [6.45, 7) is 4.31. The highest BCUT2D eigenvalue weighted by Gasteiger charge is 2.40. The van der Waals surface area contributed by atoms with Crippen molar-refractivity contribution in [2.75, 3.05) is 13.7 Å². The molecule has 0 bridgehead atoms. The van der Waals surface area contributed by atoms with E-state index in [1.54, 1.807) is 43.3 Å². The molecule has 0 aliphatic heterocycles. The van der Waals surface area contributed by atoms with Gasteiger partial charge in [-0.15, -0.1) is 0 Å². The Hall–Kier alpha value is -3.22. The Balaban J connectivity index is 1.52. The first-order chi connectivity index (χ1) is 14.0. The van der Waals surface area contributed by atoms with Gasteiger partial charge in [-0.3, -0.25) is 9.78 Å². The Bertz CT molecular complexity index is 1090. The lowest BCUT2D eigenvalue weighted by Crippen LogP contribution is -2.18. The quantitative estimate of drug-likeness (QED) is 0.642. The Morgan fingerprint density at radius 2 is 1.93 bits per heavy atom.